The fourth-order valence-electron chi connectivity index (χ4n) is 2.98. The highest BCUT2D eigenvalue weighted by Crippen LogP contribution is 2.25. The predicted molar refractivity (Wildman–Crippen MR) is 122 cm³/mol. The molecule has 1 fully saturated rings. The molecule has 7 heteroatoms. The molecule has 5 nitrogen and oxygen atoms in total. The molecule has 142 valence electrons. The molecule has 0 spiro atoms. The second-order valence-corrected chi connectivity index (χ2v) is 7.96. The number of H-pyrrole nitrogens is 1. The lowest BCUT2D eigenvalue weighted by molar-refractivity contribution is 0.380. The van der Waals surface area contributed by atoms with Crippen LogP contribution in [0.4, 0.5) is 0 Å². The average molecular weight is 485 g/mol. The summed E-state index contributed by atoms with van der Waals surface area (Å²) in [5.41, 5.74) is 2.19. The molecule has 1 aliphatic rings. The van der Waals surface area contributed by atoms with Gasteiger partial charge in [0.15, 0.2) is 5.96 Å². The van der Waals surface area contributed by atoms with E-state index in [1.165, 1.54) is 0 Å². The standard InChI is InChI=1S/C19H27N5S.HI/c1-14(2)17-13-24(9-10-25-17)19(20-3)22-12-18-21-11-16(23-18)15-7-5-4-6-8-15;/h4-8,11,14,17H,9-10,12-13H2,1-3H3,(H,20,22)(H,21,23);1H. The summed E-state index contributed by atoms with van der Waals surface area (Å²) in [5.74, 6) is 3.72. The molecule has 3 rings (SSSR count). The first kappa shape index (κ1) is 21.1. The summed E-state index contributed by atoms with van der Waals surface area (Å²) in [7, 11) is 1.85. The number of imidazole rings is 1. The maximum Gasteiger partial charge on any atom is 0.194 e. The molecule has 26 heavy (non-hydrogen) atoms. The van der Waals surface area contributed by atoms with Gasteiger partial charge in [0, 0.05) is 31.1 Å². The van der Waals surface area contributed by atoms with Crippen molar-refractivity contribution in [1.29, 1.82) is 0 Å². The predicted octanol–water partition coefficient (Wildman–Crippen LogP) is 3.84. The highest BCUT2D eigenvalue weighted by molar-refractivity contribution is 14.0. The van der Waals surface area contributed by atoms with E-state index in [1.54, 1.807) is 0 Å². The number of halogens is 1. The van der Waals surface area contributed by atoms with E-state index in [0.717, 1.165) is 41.9 Å². The van der Waals surface area contributed by atoms with Crippen LogP contribution in [-0.4, -0.2) is 52.0 Å². The molecule has 0 radical (unpaired) electrons. The Bertz CT molecular complexity index is 701. The first-order valence-electron chi connectivity index (χ1n) is 8.84. The maximum absolute atomic E-state index is 4.49. The van der Waals surface area contributed by atoms with E-state index >= 15 is 0 Å². The van der Waals surface area contributed by atoms with Crippen molar-refractivity contribution in [2.24, 2.45) is 10.9 Å². The van der Waals surface area contributed by atoms with Crippen LogP contribution in [0.15, 0.2) is 41.5 Å². The van der Waals surface area contributed by atoms with Crippen molar-refractivity contribution < 1.29 is 0 Å². The Balaban J connectivity index is 0.00000243. The van der Waals surface area contributed by atoms with Gasteiger partial charge in [-0.3, -0.25) is 4.99 Å². The van der Waals surface area contributed by atoms with Gasteiger partial charge < -0.3 is 15.2 Å². The number of rotatable bonds is 4. The zero-order chi connectivity index (χ0) is 17.6. The van der Waals surface area contributed by atoms with E-state index in [9.17, 15) is 0 Å². The molecule has 2 heterocycles. The second kappa shape index (κ2) is 10.2. The third kappa shape index (κ3) is 5.39. The molecule has 1 atom stereocenters. The summed E-state index contributed by atoms with van der Waals surface area (Å²) < 4.78 is 0. The minimum atomic E-state index is 0. The van der Waals surface area contributed by atoms with E-state index in [1.807, 2.05) is 31.4 Å². The second-order valence-electron chi connectivity index (χ2n) is 6.61. The van der Waals surface area contributed by atoms with Crippen molar-refractivity contribution in [2.75, 3.05) is 25.9 Å². The summed E-state index contributed by atoms with van der Waals surface area (Å²) in [6.45, 7) is 7.34. The van der Waals surface area contributed by atoms with Gasteiger partial charge in [-0.25, -0.2) is 4.98 Å². The molecule has 0 amide bonds. The normalized spacial score (nSPS) is 17.9. The van der Waals surface area contributed by atoms with Gasteiger partial charge in [0.1, 0.15) is 5.82 Å². The fraction of sp³-hybridized carbons (Fsp3) is 0.474. The van der Waals surface area contributed by atoms with Crippen LogP contribution in [0.3, 0.4) is 0 Å². The number of aliphatic imine (C=N–C) groups is 1. The van der Waals surface area contributed by atoms with Gasteiger partial charge in [-0.2, -0.15) is 11.8 Å². The molecule has 0 bridgehead atoms. The summed E-state index contributed by atoms with van der Waals surface area (Å²) in [5, 5.41) is 4.12. The molecule has 0 saturated carbocycles. The quantitative estimate of drug-likeness (QED) is 0.393. The monoisotopic (exact) mass is 485 g/mol. The van der Waals surface area contributed by atoms with Crippen LogP contribution >= 0.6 is 35.7 Å². The Morgan fingerprint density at radius 1 is 1.38 bits per heavy atom. The number of thioether (sulfide) groups is 1. The van der Waals surface area contributed by atoms with E-state index in [4.69, 9.17) is 0 Å². The molecule has 1 aliphatic heterocycles. The number of guanidine groups is 1. The van der Waals surface area contributed by atoms with Crippen molar-refractivity contribution in [3.05, 3.63) is 42.4 Å². The van der Waals surface area contributed by atoms with Gasteiger partial charge >= 0.3 is 0 Å². The SMILES string of the molecule is CN=C(NCc1ncc(-c2ccccc2)[nH]1)N1CCSC(C(C)C)C1.I. The largest absolute Gasteiger partial charge is 0.349 e. The number of nitrogens with one attached hydrogen (secondary N) is 2. The van der Waals surface area contributed by atoms with Crippen LogP contribution in [0.1, 0.15) is 19.7 Å². The molecule has 2 aromatic rings. The van der Waals surface area contributed by atoms with Gasteiger partial charge in [-0.05, 0) is 11.5 Å². The van der Waals surface area contributed by atoms with Crippen LogP contribution in [-0.2, 0) is 6.54 Å². The van der Waals surface area contributed by atoms with Crippen LogP contribution in [0.2, 0.25) is 0 Å². The summed E-state index contributed by atoms with van der Waals surface area (Å²) in [4.78, 5) is 14.7. The molecule has 1 aromatic carbocycles. The van der Waals surface area contributed by atoms with Crippen LogP contribution in [0.25, 0.3) is 11.3 Å². The smallest absolute Gasteiger partial charge is 0.194 e. The third-order valence-electron chi connectivity index (χ3n) is 4.48. The van der Waals surface area contributed by atoms with Crippen molar-refractivity contribution >= 4 is 41.7 Å². The third-order valence-corrected chi connectivity index (χ3v) is 6.02. The van der Waals surface area contributed by atoms with E-state index in [-0.39, 0.29) is 24.0 Å². The summed E-state index contributed by atoms with van der Waals surface area (Å²) in [6.07, 6.45) is 1.89. The Morgan fingerprint density at radius 2 is 2.15 bits per heavy atom. The fourth-order valence-corrected chi connectivity index (χ4v) is 4.28. The molecule has 1 aromatic heterocycles. The zero-order valence-electron chi connectivity index (χ0n) is 15.6. The van der Waals surface area contributed by atoms with Crippen LogP contribution in [0.5, 0.6) is 0 Å². The lowest BCUT2D eigenvalue weighted by atomic mass is 10.1. The summed E-state index contributed by atoms with van der Waals surface area (Å²) >= 11 is 2.08. The van der Waals surface area contributed by atoms with E-state index in [0.29, 0.717) is 17.7 Å². The molecular weight excluding hydrogens is 457 g/mol. The topological polar surface area (TPSA) is 56.3 Å². The average Bonchev–Trinajstić information content (AvgIpc) is 3.12. The number of benzene rings is 1. The zero-order valence-corrected chi connectivity index (χ0v) is 18.8. The number of aromatic nitrogens is 2. The molecule has 0 aliphatic carbocycles. The van der Waals surface area contributed by atoms with Crippen molar-refractivity contribution in [3.63, 3.8) is 0 Å². The first-order valence-corrected chi connectivity index (χ1v) is 9.88. The minimum absolute atomic E-state index is 0. The van der Waals surface area contributed by atoms with Gasteiger partial charge in [0.2, 0.25) is 0 Å². The minimum Gasteiger partial charge on any atom is -0.349 e. The number of hydrogen-bond acceptors (Lipinski definition) is 3. The molecule has 1 saturated heterocycles. The van der Waals surface area contributed by atoms with Crippen LogP contribution in [0, 0.1) is 5.92 Å². The Morgan fingerprint density at radius 3 is 2.85 bits per heavy atom. The lowest BCUT2D eigenvalue weighted by Crippen LogP contribution is -2.48. The van der Waals surface area contributed by atoms with Crippen molar-refractivity contribution in [1.82, 2.24) is 20.2 Å². The lowest BCUT2D eigenvalue weighted by Gasteiger charge is -2.36. The molecular formula is C19H28IN5S. The number of aromatic amines is 1. The van der Waals surface area contributed by atoms with Crippen molar-refractivity contribution in [3.8, 4) is 11.3 Å². The van der Waals surface area contributed by atoms with Crippen molar-refractivity contribution in [2.45, 2.75) is 25.6 Å². The number of nitrogens with zero attached hydrogens (tertiary/aromatic N) is 3. The highest BCUT2D eigenvalue weighted by atomic mass is 127. The van der Waals surface area contributed by atoms with Gasteiger partial charge in [0.25, 0.3) is 0 Å². The Hall–Kier alpha value is -1.22. The Kier molecular flexibility index (Phi) is 8.27. The van der Waals surface area contributed by atoms with Gasteiger partial charge in [-0.15, -0.1) is 24.0 Å². The van der Waals surface area contributed by atoms with Gasteiger partial charge in [-0.1, -0.05) is 44.2 Å². The van der Waals surface area contributed by atoms with E-state index in [2.05, 4.69) is 62.9 Å². The maximum atomic E-state index is 4.49. The molecule has 2 N–H and O–H groups in total. The first-order chi connectivity index (χ1) is 12.2. The number of hydrogen-bond donors (Lipinski definition) is 2. The Labute approximate surface area is 177 Å². The highest BCUT2D eigenvalue weighted by Gasteiger charge is 2.24. The summed E-state index contributed by atoms with van der Waals surface area (Å²) in [6, 6.07) is 10.3. The van der Waals surface area contributed by atoms with E-state index < -0.39 is 0 Å². The van der Waals surface area contributed by atoms with Crippen LogP contribution < -0.4 is 5.32 Å². The molecule has 1 unspecified atom stereocenters. The van der Waals surface area contributed by atoms with Gasteiger partial charge in [0.05, 0.1) is 18.4 Å².